The molecule has 524 valence electrons. The number of benzene rings is 2. The molecule has 3 aliphatic heterocycles. The summed E-state index contributed by atoms with van der Waals surface area (Å²) in [6.07, 6.45) is 28.8. The third kappa shape index (κ3) is 13.5. The number of amides is 2. The Labute approximate surface area is 607 Å². The number of carbonyl (C=O) groups is 2. The van der Waals surface area contributed by atoms with Crippen molar-refractivity contribution >= 4 is 134 Å². The molecule has 8 aromatic rings. The summed E-state index contributed by atoms with van der Waals surface area (Å²) in [7, 11) is -5.39. The van der Waals surface area contributed by atoms with Crippen molar-refractivity contribution in [3.05, 3.63) is 99.0 Å². The van der Waals surface area contributed by atoms with Crippen LogP contribution in [0.25, 0.3) is 77.2 Å². The molecular weight excluding hydrogens is 1370 g/mol. The molecule has 12 rings (SSSR count). The number of aryl methyl sites for hydroxylation is 1. The number of thiophene rings is 5. The maximum Gasteiger partial charge on any atom is 0.262 e. The van der Waals surface area contributed by atoms with Crippen LogP contribution in [-0.4, -0.2) is 48.2 Å². The van der Waals surface area contributed by atoms with Gasteiger partial charge in [0.1, 0.15) is 27.2 Å². The first kappa shape index (κ1) is 73.3. The van der Waals surface area contributed by atoms with Crippen molar-refractivity contribution in [2.75, 3.05) is 6.54 Å². The predicted octanol–water partition coefficient (Wildman–Crippen LogP) is 25.2. The van der Waals surface area contributed by atoms with E-state index in [1.165, 1.54) is 84.1 Å². The molecule has 0 spiro atoms. The molecule has 4 atom stereocenters. The van der Waals surface area contributed by atoms with Gasteiger partial charge >= 0.3 is 0 Å². The maximum absolute atomic E-state index is 17.9. The van der Waals surface area contributed by atoms with Gasteiger partial charge in [-0.25, -0.2) is 17.6 Å². The summed E-state index contributed by atoms with van der Waals surface area (Å²) in [5.41, 5.74) is 4.45. The van der Waals surface area contributed by atoms with Gasteiger partial charge in [0.2, 0.25) is 0 Å². The van der Waals surface area contributed by atoms with Crippen molar-refractivity contribution in [2.45, 2.75) is 248 Å². The van der Waals surface area contributed by atoms with E-state index in [1.54, 1.807) is 34.0 Å². The van der Waals surface area contributed by atoms with E-state index in [0.717, 1.165) is 197 Å². The molecule has 0 saturated heterocycles. The third-order valence-electron chi connectivity index (χ3n) is 22.9. The third-order valence-corrected chi connectivity index (χ3v) is 41.1. The van der Waals surface area contributed by atoms with E-state index >= 15 is 22.4 Å². The fourth-order valence-corrected chi connectivity index (χ4v) is 39.9. The predicted molar refractivity (Wildman–Crippen MR) is 422 cm³/mol. The van der Waals surface area contributed by atoms with Crippen LogP contribution in [0.5, 0.6) is 0 Å². The lowest BCUT2D eigenvalue weighted by Gasteiger charge is -2.35. The van der Waals surface area contributed by atoms with Crippen molar-refractivity contribution in [2.24, 2.45) is 23.7 Å². The Morgan fingerprint density at radius 1 is 0.429 bits per heavy atom. The smallest absolute Gasteiger partial charge is 0.262 e. The number of hydrogen-bond acceptors (Lipinski definition) is 10. The number of halogens is 4. The number of allylic oxidation sites excluding steroid dienone is 4. The van der Waals surface area contributed by atoms with E-state index < -0.39 is 50.5 Å². The molecule has 9 heterocycles. The molecule has 5 nitrogen and oxygen atoms in total. The maximum atomic E-state index is 17.9. The zero-order valence-electron chi connectivity index (χ0n) is 59.8. The number of rotatable bonds is 36. The average Bonchev–Trinajstić information content (AvgIpc) is 1.55. The molecule has 0 saturated carbocycles. The number of unbranched alkanes of at least 4 members (excludes halogenated alkanes) is 10. The summed E-state index contributed by atoms with van der Waals surface area (Å²) in [5.74, 6) is -4.01. The van der Waals surface area contributed by atoms with Gasteiger partial charge in [0.05, 0.1) is 34.0 Å². The van der Waals surface area contributed by atoms with Gasteiger partial charge in [-0.3, -0.25) is 14.5 Å². The van der Waals surface area contributed by atoms with E-state index in [1.807, 2.05) is 12.1 Å². The number of carbonyl (C=O) groups excluding carboxylic acids is 2. The summed E-state index contributed by atoms with van der Waals surface area (Å²) in [5, 5.41) is 5.17. The molecule has 0 fully saturated rings. The van der Waals surface area contributed by atoms with Crippen LogP contribution >= 0.6 is 68.4 Å². The number of aromatic nitrogens is 2. The highest BCUT2D eigenvalue weighted by atomic mass is 32.1. The fraction of sp³-hybridized carbons (Fsp3) is 0.531. The number of imide groups is 1. The van der Waals surface area contributed by atoms with Gasteiger partial charge in [-0.05, 0) is 137 Å². The van der Waals surface area contributed by atoms with Crippen LogP contribution in [0.2, 0.25) is 24.2 Å². The molecule has 0 radical (unpaired) electrons. The topological polar surface area (TPSA) is 63.2 Å². The van der Waals surface area contributed by atoms with Gasteiger partial charge in [0.25, 0.3) is 11.8 Å². The lowest BCUT2D eigenvalue weighted by Crippen LogP contribution is -2.56. The van der Waals surface area contributed by atoms with Gasteiger partial charge in [-0.15, -0.1) is 56.7 Å². The summed E-state index contributed by atoms with van der Waals surface area (Å²) in [6.45, 7) is 25.1. The van der Waals surface area contributed by atoms with Crippen LogP contribution in [0.4, 0.5) is 17.6 Å². The first-order valence-electron chi connectivity index (χ1n) is 37.5. The van der Waals surface area contributed by atoms with Crippen molar-refractivity contribution in [1.82, 2.24) is 13.6 Å². The number of nitrogens with zero attached hydrogens (tertiary/aromatic N) is 3. The summed E-state index contributed by atoms with van der Waals surface area (Å²) >= 11 is 8.81. The minimum atomic E-state index is -2.84. The van der Waals surface area contributed by atoms with Crippen molar-refractivity contribution in [3.63, 3.8) is 0 Å². The Morgan fingerprint density at radius 3 is 1.31 bits per heavy atom. The largest absolute Gasteiger partial charge is 0.274 e. The van der Waals surface area contributed by atoms with Crippen LogP contribution in [0.3, 0.4) is 0 Å². The fourth-order valence-electron chi connectivity index (χ4n) is 17.3. The first-order valence-corrected chi connectivity index (χ1v) is 47.2. The number of fused-ring (bicyclic) bond motifs is 8. The van der Waals surface area contributed by atoms with E-state index in [4.69, 9.17) is 8.75 Å². The molecule has 2 aromatic carbocycles. The second-order valence-electron chi connectivity index (χ2n) is 29.3. The Hall–Kier alpha value is -4.47. The molecule has 4 aliphatic rings. The van der Waals surface area contributed by atoms with E-state index in [-0.39, 0.29) is 21.6 Å². The van der Waals surface area contributed by atoms with Gasteiger partial charge in [-0.2, -0.15) is 8.75 Å². The second-order valence-corrected chi connectivity index (χ2v) is 43.5. The van der Waals surface area contributed by atoms with Gasteiger partial charge in [0.15, 0.2) is 23.3 Å². The minimum Gasteiger partial charge on any atom is -0.274 e. The molecule has 1 aliphatic carbocycles. The standard InChI is InChI=1S/C81H101F4N3O2S6Si2/c1-12-21-25-26-27-28-29-30-38-88-80(89)68-64(54-35-34-48(10)39-54)74-75(87-96-86-74)65(69(68)81(88)90)56-37-36-55(92-56)57-41-61-78(93-57)79-63(97(61,44-50(16-5)17-6)45-51(18-7)31-22-13-2)43-59(95-79)67-72(84)70(82)66(71(83)73(67)85)58-42-62-77(94-58)76-60(40-49(11)91-76)98(62,46-52(19-8)32-23-14-3)47-53(20-9)33-24-15-4/h34-37,40-43,50-53H,12-33,38-39,44-47H2,1-11H3. The molecule has 4 unspecified atom stereocenters. The quantitative estimate of drug-likeness (QED) is 0.0129. The lowest BCUT2D eigenvalue weighted by atomic mass is 9.89. The molecule has 17 heteroatoms. The van der Waals surface area contributed by atoms with Crippen LogP contribution in [0, 0.1) is 53.9 Å². The van der Waals surface area contributed by atoms with E-state index in [9.17, 15) is 4.79 Å². The molecule has 0 N–H and O–H groups in total. The zero-order valence-corrected chi connectivity index (χ0v) is 66.7. The van der Waals surface area contributed by atoms with Crippen molar-refractivity contribution in [3.8, 4) is 60.6 Å². The Balaban J connectivity index is 0.958. The van der Waals surface area contributed by atoms with Crippen LogP contribution < -0.4 is 20.7 Å². The molecule has 2 amide bonds. The molecule has 6 aromatic heterocycles. The average molecular weight is 1470 g/mol. The highest BCUT2D eigenvalue weighted by molar-refractivity contribution is 7.33. The van der Waals surface area contributed by atoms with E-state index in [0.29, 0.717) is 64.4 Å². The van der Waals surface area contributed by atoms with Crippen LogP contribution in [0.15, 0.2) is 54.1 Å². The van der Waals surface area contributed by atoms with Gasteiger partial charge in [0, 0.05) is 66.4 Å². The molecule has 0 bridgehead atoms. The van der Waals surface area contributed by atoms with Crippen LogP contribution in [-0.2, 0) is 0 Å². The Morgan fingerprint density at radius 2 is 0.837 bits per heavy atom. The SMILES string of the molecule is CCCCCCCCCCN1C(=O)c2c(c(-c3ccc(-c4cc5c(s4)-c4sc(-c6c(F)c(F)c(-c7cc8c(s7)-c7sc(C)cc7[Si]8(CC(CC)CCCC)CC(CC)CCCC)c(F)c6F)cc4[Si]5(CC(CC)CC)CC(CC)CCCC)s3)c3nsnc3c2C2=CC=C(C)C2)C1=O. The highest BCUT2D eigenvalue weighted by Crippen LogP contribution is 2.55. The van der Waals surface area contributed by atoms with Crippen molar-refractivity contribution in [1.29, 1.82) is 0 Å². The minimum absolute atomic E-state index is 0.235. The highest BCUT2D eigenvalue weighted by Gasteiger charge is 2.53. The van der Waals surface area contributed by atoms with Gasteiger partial charge < -0.3 is 0 Å². The zero-order chi connectivity index (χ0) is 69.3. The summed E-state index contributed by atoms with van der Waals surface area (Å²) < 4.78 is 81.1. The summed E-state index contributed by atoms with van der Waals surface area (Å²) in [6, 6.07) is 17.1. The lowest BCUT2D eigenvalue weighted by molar-refractivity contribution is 0.0651. The molecular formula is C81H101F4N3O2S6Si2. The van der Waals surface area contributed by atoms with Crippen LogP contribution in [0.1, 0.15) is 248 Å². The first-order chi connectivity index (χ1) is 47.5. The number of hydrogen-bond donors (Lipinski definition) is 0. The van der Waals surface area contributed by atoms with Crippen molar-refractivity contribution < 1.29 is 27.2 Å². The van der Waals surface area contributed by atoms with Gasteiger partial charge in [-0.1, -0.05) is 215 Å². The summed E-state index contributed by atoms with van der Waals surface area (Å²) in [4.78, 5) is 40.6. The Kier molecular flexibility index (Phi) is 23.7. The van der Waals surface area contributed by atoms with E-state index in [2.05, 4.69) is 113 Å². The molecule has 98 heavy (non-hydrogen) atoms. The second kappa shape index (κ2) is 31.6. The normalized spacial score (nSPS) is 18.0. The Bertz CT molecular complexity index is 4240. The monoisotopic (exact) mass is 1470 g/mol.